The summed E-state index contributed by atoms with van der Waals surface area (Å²) in [4.78, 5) is 14.2. The summed E-state index contributed by atoms with van der Waals surface area (Å²) in [6, 6.07) is 10.1. The first kappa shape index (κ1) is 26.6. The van der Waals surface area contributed by atoms with Gasteiger partial charge in [0, 0.05) is 0 Å². The zero-order valence-corrected chi connectivity index (χ0v) is 18.6. The van der Waals surface area contributed by atoms with Crippen LogP contribution in [0.1, 0.15) is 41.1 Å². The van der Waals surface area contributed by atoms with Crippen molar-refractivity contribution in [3.63, 3.8) is 0 Å². The molecular formula is C25H24F6N2O2. The summed E-state index contributed by atoms with van der Waals surface area (Å²) in [7, 11) is 0. The monoisotopic (exact) mass is 498 g/mol. The minimum absolute atomic E-state index is 0.0167. The molecule has 0 unspecified atom stereocenters. The number of ether oxygens (including phenoxy) is 1. The molecule has 3 rings (SSSR count). The van der Waals surface area contributed by atoms with Crippen LogP contribution in [0, 0.1) is 12.3 Å². The van der Waals surface area contributed by atoms with Crippen LogP contribution < -0.4 is 5.32 Å². The Balaban J connectivity index is 1.85. The Hall–Kier alpha value is -3.03. The number of piperidine rings is 1. The van der Waals surface area contributed by atoms with E-state index in [-0.39, 0.29) is 30.6 Å². The molecule has 4 nitrogen and oxygen atoms in total. The molecule has 0 aliphatic carbocycles. The van der Waals surface area contributed by atoms with Crippen molar-refractivity contribution >= 4 is 5.91 Å². The van der Waals surface area contributed by atoms with Gasteiger partial charge in [-0.3, -0.25) is 9.69 Å². The Kier molecular flexibility index (Phi) is 8.46. The van der Waals surface area contributed by atoms with Crippen LogP contribution in [0.25, 0.3) is 0 Å². The second-order valence-corrected chi connectivity index (χ2v) is 8.21. The van der Waals surface area contributed by atoms with E-state index in [1.54, 1.807) is 12.1 Å². The average molecular weight is 498 g/mol. The zero-order valence-electron chi connectivity index (χ0n) is 18.6. The largest absolute Gasteiger partial charge is 0.416 e. The summed E-state index contributed by atoms with van der Waals surface area (Å²) in [5.41, 5.74) is -2.19. The van der Waals surface area contributed by atoms with Crippen molar-refractivity contribution in [3.8, 4) is 12.3 Å². The van der Waals surface area contributed by atoms with E-state index in [1.807, 2.05) is 23.1 Å². The maximum absolute atomic E-state index is 13.2. The zero-order chi connectivity index (χ0) is 25.6. The van der Waals surface area contributed by atoms with Gasteiger partial charge < -0.3 is 10.1 Å². The number of hydrogen-bond donors (Lipinski definition) is 1. The van der Waals surface area contributed by atoms with Gasteiger partial charge in [-0.1, -0.05) is 36.3 Å². The number of terminal acetylenes is 1. The van der Waals surface area contributed by atoms with Crippen molar-refractivity contribution in [2.45, 2.75) is 43.9 Å². The standard InChI is InChI=1S/C25H24F6N2O2/c1-2-10-32-22(34)15-33-11-6-9-21(23(33)18-7-4-3-5-8-18)35-16-17-12-19(24(26,27)28)14-20(13-17)25(29,30)31/h1,3-5,7-8,12-14,21,23H,6,9-11,15-16H2,(H,32,34)/t21-,23-/m1/s1. The first-order chi connectivity index (χ1) is 16.5. The number of carbonyl (C=O) groups is 1. The molecule has 2 aromatic rings. The number of nitrogens with one attached hydrogen (secondary N) is 1. The van der Waals surface area contributed by atoms with Gasteiger partial charge in [0.2, 0.25) is 5.91 Å². The molecule has 10 heteroatoms. The minimum atomic E-state index is -4.93. The van der Waals surface area contributed by atoms with Gasteiger partial charge >= 0.3 is 12.4 Å². The van der Waals surface area contributed by atoms with Gasteiger partial charge in [-0.25, -0.2) is 0 Å². The first-order valence-corrected chi connectivity index (χ1v) is 10.9. The first-order valence-electron chi connectivity index (χ1n) is 10.9. The molecule has 0 bridgehead atoms. The van der Waals surface area contributed by atoms with Crippen molar-refractivity contribution in [3.05, 3.63) is 70.8 Å². The van der Waals surface area contributed by atoms with Crippen LogP contribution in [0.3, 0.4) is 0 Å². The van der Waals surface area contributed by atoms with E-state index in [0.29, 0.717) is 31.5 Å². The fourth-order valence-electron chi connectivity index (χ4n) is 4.15. The van der Waals surface area contributed by atoms with E-state index in [1.165, 1.54) is 0 Å². The van der Waals surface area contributed by atoms with Gasteiger partial charge in [0.1, 0.15) is 0 Å². The predicted molar refractivity (Wildman–Crippen MR) is 117 cm³/mol. The average Bonchev–Trinajstić information content (AvgIpc) is 2.80. The van der Waals surface area contributed by atoms with Crippen LogP contribution in [0.2, 0.25) is 0 Å². The topological polar surface area (TPSA) is 41.6 Å². The molecule has 1 saturated heterocycles. The molecule has 35 heavy (non-hydrogen) atoms. The van der Waals surface area contributed by atoms with Gasteiger partial charge in [-0.05, 0) is 48.7 Å². The van der Waals surface area contributed by atoms with E-state index >= 15 is 0 Å². The van der Waals surface area contributed by atoms with Gasteiger partial charge in [0.05, 0.1) is 43.0 Å². The van der Waals surface area contributed by atoms with Gasteiger partial charge in [0.15, 0.2) is 0 Å². The maximum Gasteiger partial charge on any atom is 0.416 e. The Morgan fingerprint density at radius 2 is 1.69 bits per heavy atom. The minimum Gasteiger partial charge on any atom is -0.372 e. The number of alkyl halides is 6. The molecule has 2 atom stereocenters. The Labute approximate surface area is 199 Å². The van der Waals surface area contributed by atoms with Crippen LogP contribution in [0.5, 0.6) is 0 Å². The molecule has 0 radical (unpaired) electrons. The second-order valence-electron chi connectivity index (χ2n) is 8.21. The van der Waals surface area contributed by atoms with E-state index in [2.05, 4.69) is 11.2 Å². The van der Waals surface area contributed by atoms with E-state index in [0.717, 1.165) is 5.56 Å². The third-order valence-electron chi connectivity index (χ3n) is 5.67. The highest BCUT2D eigenvalue weighted by Crippen LogP contribution is 2.38. The summed E-state index contributed by atoms with van der Waals surface area (Å²) in [6.07, 6.45) is -4.10. The van der Waals surface area contributed by atoms with Crippen LogP contribution in [-0.4, -0.2) is 36.5 Å². The molecule has 188 valence electrons. The maximum atomic E-state index is 13.2. The summed E-state index contributed by atoms with van der Waals surface area (Å²) >= 11 is 0. The molecule has 1 heterocycles. The molecule has 1 aliphatic heterocycles. The summed E-state index contributed by atoms with van der Waals surface area (Å²) in [6.45, 7) is 0.200. The van der Waals surface area contributed by atoms with Crippen molar-refractivity contribution in [2.24, 2.45) is 0 Å². The lowest BCUT2D eigenvalue weighted by Gasteiger charge is -2.41. The fraction of sp³-hybridized carbons (Fsp3) is 0.400. The van der Waals surface area contributed by atoms with Crippen LogP contribution in [0.15, 0.2) is 48.5 Å². The van der Waals surface area contributed by atoms with E-state index < -0.39 is 42.2 Å². The molecule has 1 fully saturated rings. The SMILES string of the molecule is C#CCNC(=O)CN1CCC[C@@H](OCc2cc(C(F)(F)F)cc(C(F)(F)F)c2)[C@H]1c1ccccc1. The Morgan fingerprint density at radius 1 is 1.06 bits per heavy atom. The second kappa shape index (κ2) is 11.1. The highest BCUT2D eigenvalue weighted by atomic mass is 19.4. The number of nitrogens with zero attached hydrogens (tertiary/aromatic N) is 1. The number of hydrogen-bond acceptors (Lipinski definition) is 3. The quantitative estimate of drug-likeness (QED) is 0.422. The number of likely N-dealkylation sites (tertiary alicyclic amines) is 1. The summed E-state index contributed by atoms with van der Waals surface area (Å²) in [5, 5.41) is 2.59. The lowest BCUT2D eigenvalue weighted by Crippen LogP contribution is -2.47. The predicted octanol–water partition coefficient (Wildman–Crippen LogP) is 5.20. The lowest BCUT2D eigenvalue weighted by atomic mass is 9.92. The van der Waals surface area contributed by atoms with Crippen LogP contribution >= 0.6 is 0 Å². The molecule has 1 aliphatic rings. The lowest BCUT2D eigenvalue weighted by molar-refractivity contribution is -0.143. The number of carbonyl (C=O) groups excluding carboxylic acids is 1. The third kappa shape index (κ3) is 7.23. The number of rotatable bonds is 7. The van der Waals surface area contributed by atoms with Gasteiger partial charge in [-0.2, -0.15) is 26.3 Å². The fourth-order valence-corrected chi connectivity index (χ4v) is 4.15. The van der Waals surface area contributed by atoms with Gasteiger partial charge in [-0.15, -0.1) is 6.42 Å². The number of benzene rings is 2. The van der Waals surface area contributed by atoms with E-state index in [9.17, 15) is 31.1 Å². The molecule has 0 spiro atoms. The summed E-state index contributed by atoms with van der Waals surface area (Å²) in [5.74, 6) is 2.03. The molecular weight excluding hydrogens is 474 g/mol. The van der Waals surface area contributed by atoms with E-state index in [4.69, 9.17) is 11.2 Å². The van der Waals surface area contributed by atoms with Gasteiger partial charge in [0.25, 0.3) is 0 Å². The number of halogens is 6. The Morgan fingerprint density at radius 3 is 2.26 bits per heavy atom. The highest BCUT2D eigenvalue weighted by Gasteiger charge is 2.38. The van der Waals surface area contributed by atoms with Crippen molar-refractivity contribution in [1.29, 1.82) is 0 Å². The van der Waals surface area contributed by atoms with Crippen molar-refractivity contribution in [1.82, 2.24) is 10.2 Å². The third-order valence-corrected chi connectivity index (χ3v) is 5.67. The van der Waals surface area contributed by atoms with Crippen molar-refractivity contribution in [2.75, 3.05) is 19.6 Å². The molecule has 2 aromatic carbocycles. The molecule has 1 amide bonds. The van der Waals surface area contributed by atoms with Crippen LogP contribution in [0.4, 0.5) is 26.3 Å². The molecule has 1 N–H and O–H groups in total. The normalized spacial score (nSPS) is 19.2. The highest BCUT2D eigenvalue weighted by molar-refractivity contribution is 5.78. The summed E-state index contributed by atoms with van der Waals surface area (Å²) < 4.78 is 85.2. The van der Waals surface area contributed by atoms with Crippen molar-refractivity contribution < 1.29 is 35.9 Å². The molecule has 0 saturated carbocycles. The Bertz CT molecular complexity index is 1010. The number of amides is 1. The van der Waals surface area contributed by atoms with Crippen LogP contribution in [-0.2, 0) is 28.5 Å². The molecule has 0 aromatic heterocycles. The smallest absolute Gasteiger partial charge is 0.372 e.